The van der Waals surface area contributed by atoms with Gasteiger partial charge >= 0.3 is 0 Å². The Hall–Kier alpha value is -1.79. The fourth-order valence-corrected chi connectivity index (χ4v) is 4.01. The molecule has 24 heavy (non-hydrogen) atoms. The van der Waals surface area contributed by atoms with Crippen LogP contribution in [0.15, 0.2) is 33.6 Å². The lowest BCUT2D eigenvalue weighted by atomic mass is 10.3. The molecule has 0 fully saturated rings. The molecule has 6 nitrogen and oxygen atoms in total. The molecule has 2 aromatic heterocycles. The van der Waals surface area contributed by atoms with Crippen LogP contribution in [0.25, 0.3) is 0 Å². The van der Waals surface area contributed by atoms with Crippen molar-refractivity contribution in [3.05, 3.63) is 45.8 Å². The zero-order chi connectivity index (χ0) is 17.1. The third-order valence-corrected chi connectivity index (χ3v) is 5.76. The Bertz CT molecular complexity index is 918. The number of ether oxygens (including phenoxy) is 1. The topological polar surface area (TPSA) is 76.6 Å². The minimum Gasteiger partial charge on any atom is -0.484 e. The second-order valence-corrected chi connectivity index (χ2v) is 7.30. The van der Waals surface area contributed by atoms with Crippen LogP contribution in [-0.4, -0.2) is 19.1 Å². The van der Waals surface area contributed by atoms with Gasteiger partial charge in [-0.2, -0.15) is 9.64 Å². The summed E-state index contributed by atoms with van der Waals surface area (Å²) in [7, 11) is 1.82. The van der Waals surface area contributed by atoms with Gasteiger partial charge in [0.1, 0.15) is 28.2 Å². The van der Waals surface area contributed by atoms with Crippen molar-refractivity contribution in [3.63, 3.8) is 0 Å². The van der Waals surface area contributed by atoms with Crippen molar-refractivity contribution in [2.24, 2.45) is 7.05 Å². The van der Waals surface area contributed by atoms with E-state index in [1.165, 1.54) is 11.8 Å². The second kappa shape index (κ2) is 7.40. The SMILES string of the molecule is Cn1c(COc2ccccc2Cl)nnc1Sc1snc(Cl)c1C#N. The third kappa shape index (κ3) is 3.49. The molecule has 0 spiro atoms. The molecule has 122 valence electrons. The van der Waals surface area contributed by atoms with Gasteiger partial charge in [0, 0.05) is 7.05 Å². The first-order valence-electron chi connectivity index (χ1n) is 6.59. The minimum absolute atomic E-state index is 0.203. The third-order valence-electron chi connectivity index (χ3n) is 3.03. The van der Waals surface area contributed by atoms with E-state index in [2.05, 4.69) is 14.6 Å². The van der Waals surface area contributed by atoms with Gasteiger partial charge in [0.25, 0.3) is 0 Å². The molecule has 0 aliphatic rings. The zero-order valence-corrected chi connectivity index (χ0v) is 15.4. The number of hydrogen-bond acceptors (Lipinski definition) is 7. The normalized spacial score (nSPS) is 10.6. The van der Waals surface area contributed by atoms with Crippen LogP contribution in [0.4, 0.5) is 0 Å². The quantitative estimate of drug-likeness (QED) is 0.642. The minimum atomic E-state index is 0.203. The average Bonchev–Trinajstić information content (AvgIpc) is 3.10. The number of benzene rings is 1. The van der Waals surface area contributed by atoms with Crippen LogP contribution >= 0.6 is 46.5 Å². The molecule has 3 aromatic rings. The van der Waals surface area contributed by atoms with Crippen molar-refractivity contribution in [2.75, 3.05) is 0 Å². The molecule has 0 saturated heterocycles. The Kier molecular flexibility index (Phi) is 5.26. The first-order valence-corrected chi connectivity index (χ1v) is 8.93. The smallest absolute Gasteiger partial charge is 0.196 e. The number of nitriles is 1. The van der Waals surface area contributed by atoms with Crippen LogP contribution in [0.2, 0.25) is 10.2 Å². The first-order chi connectivity index (χ1) is 11.6. The molecule has 3 rings (SSSR count). The van der Waals surface area contributed by atoms with Crippen molar-refractivity contribution < 1.29 is 4.74 Å². The molecule has 0 atom stereocenters. The van der Waals surface area contributed by atoms with Crippen molar-refractivity contribution in [1.82, 2.24) is 19.1 Å². The standard InChI is InChI=1S/C14H9Cl2N5OS2/c1-21-11(7-22-10-5-3-2-4-9(10)15)18-19-14(21)23-13-8(6-17)12(16)20-24-13/h2-5H,7H2,1H3. The Labute approximate surface area is 156 Å². The predicted molar refractivity (Wildman–Crippen MR) is 92.7 cm³/mol. The molecule has 0 amide bonds. The van der Waals surface area contributed by atoms with Gasteiger partial charge in [-0.25, -0.2) is 0 Å². The van der Waals surface area contributed by atoms with Gasteiger partial charge in [-0.05, 0) is 35.4 Å². The summed E-state index contributed by atoms with van der Waals surface area (Å²) in [5, 5.41) is 18.7. The van der Waals surface area contributed by atoms with Crippen LogP contribution in [0.1, 0.15) is 11.4 Å². The number of para-hydroxylation sites is 1. The molecule has 10 heteroatoms. The maximum Gasteiger partial charge on any atom is 0.196 e. The Morgan fingerprint density at radius 1 is 1.33 bits per heavy atom. The summed E-state index contributed by atoms with van der Waals surface area (Å²) < 4.78 is 12.1. The summed E-state index contributed by atoms with van der Waals surface area (Å²) in [6.45, 7) is 0.225. The zero-order valence-electron chi connectivity index (χ0n) is 12.2. The number of nitrogens with zero attached hydrogens (tertiary/aromatic N) is 5. The highest BCUT2D eigenvalue weighted by atomic mass is 35.5. The Morgan fingerprint density at radius 2 is 2.12 bits per heavy atom. The van der Waals surface area contributed by atoms with Crippen LogP contribution in [0.5, 0.6) is 5.75 Å². The molecule has 0 aliphatic carbocycles. The number of hydrogen-bond donors (Lipinski definition) is 0. The van der Waals surface area contributed by atoms with Gasteiger partial charge < -0.3 is 9.30 Å². The van der Waals surface area contributed by atoms with Gasteiger partial charge in [-0.15, -0.1) is 10.2 Å². The predicted octanol–water partition coefficient (Wildman–Crippen LogP) is 4.18. The highest BCUT2D eigenvalue weighted by molar-refractivity contribution is 8.01. The lowest BCUT2D eigenvalue weighted by Gasteiger charge is -2.07. The van der Waals surface area contributed by atoms with Gasteiger partial charge in [0.2, 0.25) is 0 Å². The van der Waals surface area contributed by atoms with Crippen molar-refractivity contribution in [3.8, 4) is 11.8 Å². The van der Waals surface area contributed by atoms with E-state index in [4.69, 9.17) is 33.2 Å². The van der Waals surface area contributed by atoms with Crippen LogP contribution in [0, 0.1) is 11.3 Å². The summed E-state index contributed by atoms with van der Waals surface area (Å²) in [4.78, 5) is 0. The lowest BCUT2D eigenvalue weighted by Crippen LogP contribution is -2.04. The molecular formula is C14H9Cl2N5OS2. The molecule has 0 aliphatic heterocycles. The van der Waals surface area contributed by atoms with E-state index in [9.17, 15) is 0 Å². The number of halogens is 2. The van der Waals surface area contributed by atoms with E-state index in [1.807, 2.05) is 25.2 Å². The van der Waals surface area contributed by atoms with E-state index in [0.29, 0.717) is 31.5 Å². The van der Waals surface area contributed by atoms with Gasteiger partial charge in [0.15, 0.2) is 16.1 Å². The first kappa shape index (κ1) is 17.0. The summed E-state index contributed by atoms with van der Waals surface area (Å²) in [5.74, 6) is 1.21. The maximum atomic E-state index is 9.12. The molecule has 2 heterocycles. The summed E-state index contributed by atoms with van der Waals surface area (Å²) in [6, 6.07) is 9.26. The van der Waals surface area contributed by atoms with Crippen LogP contribution < -0.4 is 4.74 Å². The van der Waals surface area contributed by atoms with E-state index in [-0.39, 0.29) is 11.8 Å². The highest BCUT2D eigenvalue weighted by Gasteiger charge is 2.17. The van der Waals surface area contributed by atoms with Crippen molar-refractivity contribution in [1.29, 1.82) is 5.26 Å². The van der Waals surface area contributed by atoms with E-state index < -0.39 is 0 Å². The largest absolute Gasteiger partial charge is 0.484 e. The van der Waals surface area contributed by atoms with Gasteiger partial charge in [-0.3, -0.25) is 0 Å². The number of aromatic nitrogens is 4. The molecule has 0 N–H and O–H groups in total. The maximum absolute atomic E-state index is 9.12. The lowest BCUT2D eigenvalue weighted by molar-refractivity contribution is 0.290. The average molecular weight is 398 g/mol. The summed E-state index contributed by atoms with van der Waals surface area (Å²) in [6.07, 6.45) is 0. The van der Waals surface area contributed by atoms with Crippen LogP contribution in [-0.2, 0) is 13.7 Å². The molecule has 0 unspecified atom stereocenters. The fraction of sp³-hybridized carbons (Fsp3) is 0.143. The summed E-state index contributed by atoms with van der Waals surface area (Å²) in [5.41, 5.74) is 0.350. The van der Waals surface area contributed by atoms with E-state index in [1.54, 1.807) is 16.7 Å². The van der Waals surface area contributed by atoms with Gasteiger partial charge in [-0.1, -0.05) is 35.3 Å². The Balaban J connectivity index is 1.74. The highest BCUT2D eigenvalue weighted by Crippen LogP contribution is 2.35. The number of rotatable bonds is 5. The summed E-state index contributed by atoms with van der Waals surface area (Å²) >= 11 is 14.4. The second-order valence-electron chi connectivity index (χ2n) is 4.53. The Morgan fingerprint density at radius 3 is 2.88 bits per heavy atom. The van der Waals surface area contributed by atoms with E-state index in [0.717, 1.165) is 11.5 Å². The van der Waals surface area contributed by atoms with Gasteiger partial charge in [0.05, 0.1) is 5.02 Å². The van der Waals surface area contributed by atoms with Crippen molar-refractivity contribution in [2.45, 2.75) is 16.0 Å². The van der Waals surface area contributed by atoms with E-state index >= 15 is 0 Å². The van der Waals surface area contributed by atoms with Crippen LogP contribution in [0.3, 0.4) is 0 Å². The monoisotopic (exact) mass is 397 g/mol. The fourth-order valence-electron chi connectivity index (χ4n) is 1.77. The molecule has 0 saturated carbocycles. The van der Waals surface area contributed by atoms with Crippen molar-refractivity contribution >= 4 is 46.5 Å². The molecule has 1 aromatic carbocycles. The molecule has 0 radical (unpaired) electrons. The molecular weight excluding hydrogens is 389 g/mol. The molecule has 0 bridgehead atoms.